The highest BCUT2D eigenvalue weighted by Crippen LogP contribution is 2.44. The van der Waals surface area contributed by atoms with Gasteiger partial charge in [0.25, 0.3) is 0 Å². The summed E-state index contributed by atoms with van der Waals surface area (Å²) in [5, 5.41) is 12.8. The molecule has 0 spiro atoms. The molecule has 0 aromatic heterocycles. The molecule has 2 aromatic rings. The number of fused-ring (bicyclic) bond motifs is 1. The van der Waals surface area contributed by atoms with Crippen LogP contribution >= 0.6 is 0 Å². The molecule has 2 aliphatic rings. The number of aliphatic carboxylic acids is 1. The zero-order chi connectivity index (χ0) is 21.7. The fraction of sp³-hybridized carbons (Fsp3) is 0.480. The van der Waals surface area contributed by atoms with Crippen molar-refractivity contribution in [3.05, 3.63) is 42.0 Å². The summed E-state index contributed by atoms with van der Waals surface area (Å²) in [6.45, 7) is 12.9. The van der Waals surface area contributed by atoms with Crippen molar-refractivity contribution in [2.75, 3.05) is 29.9 Å². The molecule has 0 bridgehead atoms. The number of rotatable bonds is 3. The molecule has 5 nitrogen and oxygen atoms in total. The number of carboxylic acid groups (broad SMARTS) is 1. The van der Waals surface area contributed by atoms with Gasteiger partial charge in [-0.15, -0.1) is 0 Å². The maximum atomic E-state index is 11.2. The van der Waals surface area contributed by atoms with E-state index in [1.165, 1.54) is 5.56 Å². The lowest BCUT2D eigenvalue weighted by Gasteiger charge is -2.38. The molecular weight excluding hydrogens is 376 g/mol. The molecule has 0 unspecified atom stereocenters. The second-order valence-electron chi connectivity index (χ2n) is 10.2. The van der Waals surface area contributed by atoms with Gasteiger partial charge in [-0.1, -0.05) is 32.9 Å². The van der Waals surface area contributed by atoms with Crippen molar-refractivity contribution in [1.82, 2.24) is 0 Å². The van der Waals surface area contributed by atoms with Gasteiger partial charge in [-0.2, -0.15) is 0 Å². The molecule has 0 saturated carbocycles. The molecule has 5 heteroatoms. The molecule has 0 amide bonds. The van der Waals surface area contributed by atoms with Gasteiger partial charge in [-0.25, -0.2) is 0 Å². The molecule has 2 aromatic carbocycles. The van der Waals surface area contributed by atoms with Crippen LogP contribution in [0.15, 0.2) is 36.4 Å². The Labute approximate surface area is 180 Å². The molecule has 30 heavy (non-hydrogen) atoms. The standard InChI is InChI=1S/C25H32N2O3.H2/c1-24(2,3)18-12-20(22-21(13-18)30-25(4,5)9-10-26-22)16-7-6-8-19(11-16)27-14-17(15-27)23(28)29;/h6-8,11-13,17,26H,9-10,14-15H2,1-5H3,(H,28,29);1H. The van der Waals surface area contributed by atoms with Crippen LogP contribution < -0.4 is 15.0 Å². The first-order valence-electron chi connectivity index (χ1n) is 10.7. The van der Waals surface area contributed by atoms with E-state index in [0.29, 0.717) is 13.1 Å². The van der Waals surface area contributed by atoms with Gasteiger partial charge in [0.15, 0.2) is 0 Å². The Kier molecular flexibility index (Phi) is 4.95. The van der Waals surface area contributed by atoms with Gasteiger partial charge in [0, 0.05) is 38.7 Å². The Balaban J connectivity index is 0.00000272. The van der Waals surface area contributed by atoms with Gasteiger partial charge in [0.05, 0.1) is 11.6 Å². The minimum absolute atomic E-state index is 0. The van der Waals surface area contributed by atoms with Gasteiger partial charge in [0.2, 0.25) is 0 Å². The quantitative estimate of drug-likeness (QED) is 0.710. The molecular formula is C25H34N2O3. The van der Waals surface area contributed by atoms with E-state index < -0.39 is 5.97 Å². The predicted molar refractivity (Wildman–Crippen MR) is 124 cm³/mol. The van der Waals surface area contributed by atoms with Crippen molar-refractivity contribution in [2.24, 2.45) is 5.92 Å². The summed E-state index contributed by atoms with van der Waals surface area (Å²) in [5.74, 6) is -0.0822. The van der Waals surface area contributed by atoms with Gasteiger partial charge in [-0.3, -0.25) is 4.79 Å². The number of ether oxygens (including phenoxy) is 1. The van der Waals surface area contributed by atoms with Crippen molar-refractivity contribution < 1.29 is 16.1 Å². The van der Waals surface area contributed by atoms with Crippen molar-refractivity contribution in [1.29, 1.82) is 0 Å². The van der Waals surface area contributed by atoms with Crippen LogP contribution in [0.25, 0.3) is 11.1 Å². The molecule has 2 heterocycles. The number of benzene rings is 2. The highest BCUT2D eigenvalue weighted by Gasteiger charge is 2.33. The van der Waals surface area contributed by atoms with E-state index in [9.17, 15) is 9.90 Å². The van der Waals surface area contributed by atoms with Crippen LogP contribution in [0.3, 0.4) is 0 Å². The lowest BCUT2D eigenvalue weighted by molar-refractivity contribution is -0.142. The van der Waals surface area contributed by atoms with Gasteiger partial charge in [-0.05, 0) is 54.7 Å². The van der Waals surface area contributed by atoms with Crippen molar-refractivity contribution in [3.63, 3.8) is 0 Å². The van der Waals surface area contributed by atoms with Crippen LogP contribution in [0.4, 0.5) is 11.4 Å². The average molecular weight is 411 g/mol. The van der Waals surface area contributed by atoms with Gasteiger partial charge < -0.3 is 20.1 Å². The van der Waals surface area contributed by atoms with Crippen LogP contribution in [0.2, 0.25) is 0 Å². The summed E-state index contributed by atoms with van der Waals surface area (Å²) in [6, 6.07) is 12.8. The highest BCUT2D eigenvalue weighted by molar-refractivity contribution is 5.85. The molecule has 1 fully saturated rings. The molecule has 0 radical (unpaired) electrons. The van der Waals surface area contributed by atoms with Crippen molar-refractivity contribution in [3.8, 4) is 16.9 Å². The molecule has 162 valence electrons. The Morgan fingerprint density at radius 3 is 2.63 bits per heavy atom. The Morgan fingerprint density at radius 1 is 1.23 bits per heavy atom. The Morgan fingerprint density at radius 2 is 1.97 bits per heavy atom. The average Bonchev–Trinajstić information content (AvgIpc) is 2.75. The van der Waals surface area contributed by atoms with E-state index in [-0.39, 0.29) is 18.4 Å². The van der Waals surface area contributed by atoms with E-state index in [1.54, 1.807) is 0 Å². The molecule has 0 atom stereocenters. The molecule has 2 aliphatic heterocycles. The smallest absolute Gasteiger partial charge is 0.310 e. The first-order chi connectivity index (χ1) is 14.0. The second kappa shape index (κ2) is 7.22. The summed E-state index contributed by atoms with van der Waals surface area (Å²) in [4.78, 5) is 13.3. The minimum atomic E-state index is -0.713. The summed E-state index contributed by atoms with van der Waals surface area (Å²) < 4.78 is 6.45. The fourth-order valence-electron chi connectivity index (χ4n) is 4.09. The first-order valence-corrected chi connectivity index (χ1v) is 10.7. The van der Waals surface area contributed by atoms with E-state index >= 15 is 0 Å². The number of nitrogens with one attached hydrogen (secondary N) is 1. The van der Waals surface area contributed by atoms with E-state index in [2.05, 4.69) is 81.2 Å². The molecule has 4 rings (SSSR count). The summed E-state index contributed by atoms with van der Waals surface area (Å²) in [7, 11) is 0. The largest absolute Gasteiger partial charge is 0.486 e. The van der Waals surface area contributed by atoms with E-state index in [0.717, 1.165) is 41.2 Å². The number of anilines is 2. The zero-order valence-corrected chi connectivity index (χ0v) is 18.6. The van der Waals surface area contributed by atoms with Crippen molar-refractivity contribution >= 4 is 17.3 Å². The predicted octanol–water partition coefficient (Wildman–Crippen LogP) is 5.39. The second-order valence-corrected chi connectivity index (χ2v) is 10.2. The number of hydrogen-bond donors (Lipinski definition) is 2. The first kappa shape index (κ1) is 20.6. The monoisotopic (exact) mass is 410 g/mol. The van der Waals surface area contributed by atoms with Crippen LogP contribution in [0.1, 0.15) is 48.0 Å². The normalized spacial score (nSPS) is 18.5. The van der Waals surface area contributed by atoms with Crippen LogP contribution in [0.5, 0.6) is 5.75 Å². The van der Waals surface area contributed by atoms with Crippen LogP contribution in [-0.4, -0.2) is 36.3 Å². The maximum absolute atomic E-state index is 11.2. The lowest BCUT2D eigenvalue weighted by atomic mass is 9.84. The third-order valence-electron chi connectivity index (χ3n) is 6.14. The number of hydrogen-bond acceptors (Lipinski definition) is 4. The number of carboxylic acids is 1. The Bertz CT molecular complexity index is 975. The Hall–Kier alpha value is -2.69. The third-order valence-corrected chi connectivity index (χ3v) is 6.14. The number of carbonyl (C=O) groups is 1. The summed E-state index contributed by atoms with van der Waals surface area (Å²) in [6.07, 6.45) is 0.927. The third kappa shape index (κ3) is 3.98. The molecule has 0 aliphatic carbocycles. The molecule has 2 N–H and O–H groups in total. The van der Waals surface area contributed by atoms with Crippen LogP contribution in [-0.2, 0) is 10.2 Å². The maximum Gasteiger partial charge on any atom is 0.310 e. The van der Waals surface area contributed by atoms with Gasteiger partial charge >= 0.3 is 5.97 Å². The minimum Gasteiger partial charge on any atom is -0.486 e. The van der Waals surface area contributed by atoms with Crippen molar-refractivity contribution in [2.45, 2.75) is 52.1 Å². The molecule has 1 saturated heterocycles. The lowest BCUT2D eigenvalue weighted by Crippen LogP contribution is -2.50. The summed E-state index contributed by atoms with van der Waals surface area (Å²) >= 11 is 0. The van der Waals surface area contributed by atoms with Crippen LogP contribution in [0, 0.1) is 5.92 Å². The van der Waals surface area contributed by atoms with E-state index in [4.69, 9.17) is 4.74 Å². The fourth-order valence-corrected chi connectivity index (χ4v) is 4.09. The van der Waals surface area contributed by atoms with Gasteiger partial charge in [0.1, 0.15) is 11.4 Å². The van der Waals surface area contributed by atoms with E-state index in [1.807, 2.05) is 0 Å². The SMILES string of the molecule is CC1(C)CCNc2c(cc(C(C)(C)C)cc2-c2cccc(N3CC(C(=O)O)C3)c2)O1.[HH]. The summed E-state index contributed by atoms with van der Waals surface area (Å²) in [5.41, 5.74) is 5.35. The topological polar surface area (TPSA) is 61.8 Å². The highest BCUT2D eigenvalue weighted by atomic mass is 16.5. The number of nitrogens with zero attached hydrogens (tertiary/aromatic N) is 1. The zero-order valence-electron chi connectivity index (χ0n) is 18.6.